The van der Waals surface area contributed by atoms with Crippen LogP contribution in [0.1, 0.15) is 309 Å². The van der Waals surface area contributed by atoms with Crippen LogP contribution in [-0.4, -0.2) is 87.4 Å². The van der Waals surface area contributed by atoms with Crippen molar-refractivity contribution in [2.45, 2.75) is 322 Å². The van der Waals surface area contributed by atoms with Gasteiger partial charge in [-0.1, -0.05) is 293 Å². The topological polar surface area (TPSA) is 108 Å². The highest BCUT2D eigenvalue weighted by atomic mass is 16.7. The number of aliphatic carboxylic acids is 1. The molecule has 1 N–H and O–H groups in total. The number of esters is 2. The second-order valence-electron chi connectivity index (χ2n) is 23.7. The quantitative estimate of drug-likeness (QED) is 0.0211. The first-order valence-electron chi connectivity index (χ1n) is 33.5. The number of quaternary nitrogens is 1. The third-order valence-corrected chi connectivity index (χ3v) is 14.8. The molecule has 0 heterocycles. The lowest BCUT2D eigenvalue weighted by Crippen LogP contribution is -2.40. The van der Waals surface area contributed by atoms with Gasteiger partial charge in [-0.25, -0.2) is 4.79 Å². The number of unbranched alkanes of at least 4 members (excludes halogenated alkanes) is 37. The average molecular weight is 1110 g/mol. The van der Waals surface area contributed by atoms with Gasteiger partial charge in [-0.2, -0.15) is 0 Å². The Balaban J connectivity index is 3.88. The summed E-state index contributed by atoms with van der Waals surface area (Å²) in [6, 6.07) is 0. The average Bonchev–Trinajstić information content (AvgIpc) is 3.42. The van der Waals surface area contributed by atoms with Crippen molar-refractivity contribution in [2.75, 3.05) is 47.5 Å². The summed E-state index contributed by atoms with van der Waals surface area (Å²) in [6.07, 6.45) is 76.9. The molecule has 0 radical (unpaired) electrons. The van der Waals surface area contributed by atoms with Crippen molar-refractivity contribution in [3.05, 3.63) is 60.8 Å². The van der Waals surface area contributed by atoms with E-state index in [-0.39, 0.29) is 38.6 Å². The zero-order chi connectivity index (χ0) is 57.6. The molecule has 0 saturated heterocycles. The van der Waals surface area contributed by atoms with E-state index in [9.17, 15) is 19.5 Å². The van der Waals surface area contributed by atoms with Gasteiger partial charge in [-0.3, -0.25) is 9.59 Å². The number of carbonyl (C=O) groups is 3. The molecule has 0 aromatic rings. The molecule has 0 spiro atoms. The number of hydrogen-bond donors (Lipinski definition) is 1. The van der Waals surface area contributed by atoms with E-state index in [0.717, 1.165) is 44.9 Å². The van der Waals surface area contributed by atoms with Crippen molar-refractivity contribution in [2.24, 2.45) is 0 Å². The Morgan fingerprint density at radius 2 is 0.747 bits per heavy atom. The SMILES string of the molecule is CC/C=C\C/C=C\C/C=C\C/C=C\CCC(=O)OC(COC(=O)CCCCCCCCCCCCCCCCCCCCCCCCCCCCCCC/C=C\CCCCCCCCCC)COC(OCC[N+](C)(C)C)C(=O)O. The van der Waals surface area contributed by atoms with Crippen LogP contribution in [0.2, 0.25) is 0 Å². The number of allylic oxidation sites excluding steroid dienone is 10. The van der Waals surface area contributed by atoms with Gasteiger partial charge in [-0.15, -0.1) is 0 Å². The first kappa shape index (κ1) is 76.0. The number of carboxylic acids is 1. The maximum Gasteiger partial charge on any atom is 0.361 e. The van der Waals surface area contributed by atoms with Crippen molar-refractivity contribution in [3.8, 4) is 0 Å². The second kappa shape index (κ2) is 61.1. The van der Waals surface area contributed by atoms with Crippen LogP contribution in [0.3, 0.4) is 0 Å². The minimum Gasteiger partial charge on any atom is -0.477 e. The molecule has 0 rings (SSSR count). The van der Waals surface area contributed by atoms with Crippen LogP contribution < -0.4 is 0 Å². The van der Waals surface area contributed by atoms with Crippen LogP contribution in [-0.2, 0) is 33.3 Å². The fourth-order valence-electron chi connectivity index (χ4n) is 9.67. The number of rotatable bonds is 62. The van der Waals surface area contributed by atoms with Gasteiger partial charge in [0, 0.05) is 12.8 Å². The molecule has 0 aliphatic carbocycles. The van der Waals surface area contributed by atoms with E-state index in [0.29, 0.717) is 17.4 Å². The maximum atomic E-state index is 12.8. The van der Waals surface area contributed by atoms with E-state index >= 15 is 0 Å². The number of likely N-dealkylation sites (N-methyl/N-ethyl adjacent to an activating group) is 1. The van der Waals surface area contributed by atoms with Gasteiger partial charge < -0.3 is 28.5 Å². The fourth-order valence-corrected chi connectivity index (χ4v) is 9.67. The number of carbonyl (C=O) groups excluding carboxylic acids is 2. The first-order valence-corrected chi connectivity index (χ1v) is 33.5. The fraction of sp³-hybridized carbons (Fsp3) is 0.814. The van der Waals surface area contributed by atoms with Gasteiger partial charge in [0.2, 0.25) is 0 Å². The van der Waals surface area contributed by atoms with Crippen molar-refractivity contribution >= 4 is 17.9 Å². The largest absolute Gasteiger partial charge is 0.477 e. The third kappa shape index (κ3) is 62.4. The van der Waals surface area contributed by atoms with Crippen LogP contribution in [0.5, 0.6) is 0 Å². The van der Waals surface area contributed by atoms with Crippen LogP contribution in [0.25, 0.3) is 0 Å². The Hall–Kier alpha value is -3.01. The number of nitrogens with zero attached hydrogens (tertiary/aromatic N) is 1. The number of hydrogen-bond acceptors (Lipinski definition) is 7. The first-order chi connectivity index (χ1) is 38.6. The van der Waals surface area contributed by atoms with Gasteiger partial charge in [0.05, 0.1) is 34.4 Å². The molecule has 0 bridgehead atoms. The Morgan fingerprint density at radius 1 is 0.392 bits per heavy atom. The highest BCUT2D eigenvalue weighted by Crippen LogP contribution is 2.18. The number of carboxylic acid groups (broad SMARTS) is 1. The summed E-state index contributed by atoms with van der Waals surface area (Å²) in [5.74, 6) is -2.10. The second-order valence-corrected chi connectivity index (χ2v) is 23.7. The van der Waals surface area contributed by atoms with Gasteiger partial charge >= 0.3 is 17.9 Å². The summed E-state index contributed by atoms with van der Waals surface area (Å²) in [7, 11) is 5.95. The minimum absolute atomic E-state index is 0.139. The van der Waals surface area contributed by atoms with Gasteiger partial charge in [0.15, 0.2) is 6.10 Å². The van der Waals surface area contributed by atoms with Crippen LogP contribution in [0.15, 0.2) is 60.8 Å². The highest BCUT2D eigenvalue weighted by molar-refractivity contribution is 5.71. The van der Waals surface area contributed by atoms with E-state index < -0.39 is 24.3 Å². The lowest BCUT2D eigenvalue weighted by molar-refractivity contribution is -0.870. The molecule has 0 amide bonds. The molecule has 460 valence electrons. The molecule has 9 heteroatoms. The smallest absolute Gasteiger partial charge is 0.361 e. The molecule has 0 fully saturated rings. The van der Waals surface area contributed by atoms with E-state index in [1.165, 1.54) is 231 Å². The van der Waals surface area contributed by atoms with Crippen molar-refractivity contribution in [1.29, 1.82) is 0 Å². The molecule has 2 atom stereocenters. The van der Waals surface area contributed by atoms with Gasteiger partial charge in [0.25, 0.3) is 6.29 Å². The lowest BCUT2D eigenvalue weighted by atomic mass is 10.0. The van der Waals surface area contributed by atoms with E-state index in [4.69, 9.17) is 18.9 Å². The maximum absolute atomic E-state index is 12.8. The Kier molecular flexibility index (Phi) is 58.7. The molecule has 0 aromatic carbocycles. The molecule has 79 heavy (non-hydrogen) atoms. The van der Waals surface area contributed by atoms with Crippen molar-refractivity contribution < 1.29 is 42.9 Å². The minimum atomic E-state index is -1.53. The molecular weight excluding hydrogens is 983 g/mol. The summed E-state index contributed by atoms with van der Waals surface area (Å²) in [4.78, 5) is 37.3. The summed E-state index contributed by atoms with van der Waals surface area (Å²) >= 11 is 0. The summed E-state index contributed by atoms with van der Waals surface area (Å²) in [5, 5.41) is 9.68. The molecule has 0 aromatic heterocycles. The predicted molar refractivity (Wildman–Crippen MR) is 336 cm³/mol. The third-order valence-electron chi connectivity index (χ3n) is 14.8. The van der Waals surface area contributed by atoms with Crippen LogP contribution in [0, 0.1) is 0 Å². The molecule has 0 aliphatic heterocycles. The summed E-state index contributed by atoms with van der Waals surface area (Å²) in [5.41, 5.74) is 0. The molecule has 0 saturated carbocycles. The summed E-state index contributed by atoms with van der Waals surface area (Å²) < 4.78 is 22.8. The van der Waals surface area contributed by atoms with Crippen molar-refractivity contribution in [1.82, 2.24) is 0 Å². The van der Waals surface area contributed by atoms with Crippen LogP contribution >= 0.6 is 0 Å². The normalized spacial score (nSPS) is 13.1. The monoisotopic (exact) mass is 1110 g/mol. The summed E-state index contributed by atoms with van der Waals surface area (Å²) in [6.45, 7) is 4.70. The van der Waals surface area contributed by atoms with E-state index in [2.05, 4.69) is 62.5 Å². The zero-order valence-electron chi connectivity index (χ0n) is 52.5. The van der Waals surface area contributed by atoms with Gasteiger partial charge in [-0.05, 0) is 64.2 Å². The number of ether oxygens (including phenoxy) is 4. The Morgan fingerprint density at radius 3 is 1.13 bits per heavy atom. The standard InChI is InChI=1S/C70H127NO8/c1-6-8-10-12-14-16-18-20-21-22-23-24-25-26-27-28-29-30-31-32-33-34-35-36-37-38-39-40-41-42-43-44-45-46-47-49-50-52-54-56-58-60-67(72)77-64-66(65-78-70(69(74)75)76-63-62-71(3,4)5)79-68(73)61-59-57-55-53-51-48-19-17-15-13-11-9-7-2/h9,11,15,17,22-23,48,51,55,57,66,70H,6-8,10,12-14,16,18-21,24-47,49-50,52-54,56,58-65H2,1-5H3/p+1/b11-9-,17-15-,23-22-,51-48-,57-55-. The van der Waals surface area contributed by atoms with E-state index in [1.807, 2.05) is 33.3 Å². The zero-order valence-corrected chi connectivity index (χ0v) is 52.5. The molecular formula is C70H128NO8+. The Bertz CT molecular complexity index is 1480. The van der Waals surface area contributed by atoms with E-state index in [1.54, 1.807) is 0 Å². The predicted octanol–water partition coefficient (Wildman–Crippen LogP) is 20.4. The lowest BCUT2D eigenvalue weighted by Gasteiger charge is -2.25. The Labute approximate surface area is 488 Å². The van der Waals surface area contributed by atoms with Crippen molar-refractivity contribution in [3.63, 3.8) is 0 Å². The molecule has 2 unspecified atom stereocenters. The molecule has 9 nitrogen and oxygen atoms in total. The van der Waals surface area contributed by atoms with Gasteiger partial charge in [0.1, 0.15) is 13.2 Å². The molecule has 0 aliphatic rings. The van der Waals surface area contributed by atoms with Crippen LogP contribution in [0.4, 0.5) is 0 Å². The highest BCUT2D eigenvalue weighted by Gasteiger charge is 2.25.